The standard InChI is InChI=1S/C31H36N2O4/c1-21(2)22-14-17-26(18-15-22)33(31(36)23-10-6-4-7-11-23)29(24-16-19-27(34)28(20-24)37-3)30(35)32-25-12-8-5-9-13-25/h4,6-7,10-11,14-21,25,29,34H,5,8-9,12-13H2,1-3H3,(H,32,35). The summed E-state index contributed by atoms with van der Waals surface area (Å²) in [4.78, 5) is 29.6. The molecule has 4 rings (SSSR count). The number of anilines is 1. The first-order valence-electron chi connectivity index (χ1n) is 13.0. The van der Waals surface area contributed by atoms with Crippen molar-refractivity contribution in [2.45, 2.75) is 64.0 Å². The van der Waals surface area contributed by atoms with Gasteiger partial charge in [-0.3, -0.25) is 14.5 Å². The third kappa shape index (κ3) is 6.13. The highest BCUT2D eigenvalue weighted by molar-refractivity contribution is 6.10. The van der Waals surface area contributed by atoms with Crippen LogP contribution >= 0.6 is 0 Å². The molecule has 6 heteroatoms. The number of phenols is 1. The van der Waals surface area contributed by atoms with Gasteiger partial charge in [0.05, 0.1) is 7.11 Å². The molecule has 6 nitrogen and oxygen atoms in total. The van der Waals surface area contributed by atoms with E-state index in [0.29, 0.717) is 22.7 Å². The fourth-order valence-electron chi connectivity index (χ4n) is 4.93. The van der Waals surface area contributed by atoms with Gasteiger partial charge in [0.25, 0.3) is 5.91 Å². The first-order valence-corrected chi connectivity index (χ1v) is 13.0. The summed E-state index contributed by atoms with van der Waals surface area (Å²) in [7, 11) is 1.47. The van der Waals surface area contributed by atoms with Gasteiger partial charge in [0.2, 0.25) is 5.91 Å². The predicted molar refractivity (Wildman–Crippen MR) is 146 cm³/mol. The molecule has 0 aromatic heterocycles. The number of hydrogen-bond acceptors (Lipinski definition) is 4. The smallest absolute Gasteiger partial charge is 0.259 e. The molecule has 1 fully saturated rings. The van der Waals surface area contributed by atoms with Crippen molar-refractivity contribution in [1.29, 1.82) is 0 Å². The Morgan fingerprint density at radius 3 is 2.19 bits per heavy atom. The summed E-state index contributed by atoms with van der Waals surface area (Å²) in [5.41, 5.74) is 2.80. The van der Waals surface area contributed by atoms with Gasteiger partial charge in [0.1, 0.15) is 6.04 Å². The second-order valence-electron chi connectivity index (χ2n) is 9.96. The number of methoxy groups -OCH3 is 1. The van der Waals surface area contributed by atoms with Gasteiger partial charge < -0.3 is 15.2 Å². The summed E-state index contributed by atoms with van der Waals surface area (Å²) in [5, 5.41) is 13.5. The Morgan fingerprint density at radius 1 is 0.919 bits per heavy atom. The largest absolute Gasteiger partial charge is 0.504 e. The maximum Gasteiger partial charge on any atom is 0.259 e. The minimum atomic E-state index is -0.964. The van der Waals surface area contributed by atoms with E-state index in [1.54, 1.807) is 29.2 Å². The molecule has 1 unspecified atom stereocenters. The van der Waals surface area contributed by atoms with Crippen LogP contribution in [0.25, 0.3) is 0 Å². The lowest BCUT2D eigenvalue weighted by atomic mass is 9.94. The number of benzene rings is 3. The van der Waals surface area contributed by atoms with Crippen LogP contribution in [0.1, 0.15) is 79.4 Å². The normalized spacial score (nSPS) is 14.7. The lowest BCUT2D eigenvalue weighted by molar-refractivity contribution is -0.123. The van der Waals surface area contributed by atoms with Crippen molar-refractivity contribution in [2.24, 2.45) is 0 Å². The van der Waals surface area contributed by atoms with Crippen molar-refractivity contribution >= 4 is 17.5 Å². The Labute approximate surface area is 219 Å². The van der Waals surface area contributed by atoms with E-state index in [1.165, 1.54) is 19.6 Å². The monoisotopic (exact) mass is 500 g/mol. The fourth-order valence-corrected chi connectivity index (χ4v) is 4.93. The van der Waals surface area contributed by atoms with Gasteiger partial charge in [-0.2, -0.15) is 0 Å². The van der Waals surface area contributed by atoms with Crippen molar-refractivity contribution in [1.82, 2.24) is 5.32 Å². The molecule has 3 aromatic rings. The van der Waals surface area contributed by atoms with Crippen LogP contribution < -0.4 is 15.0 Å². The lowest BCUT2D eigenvalue weighted by Gasteiger charge is -2.34. The summed E-state index contributed by atoms with van der Waals surface area (Å²) in [5.74, 6) is 0.0137. The molecule has 1 atom stereocenters. The highest BCUT2D eigenvalue weighted by atomic mass is 16.5. The van der Waals surface area contributed by atoms with Crippen LogP contribution in [-0.4, -0.2) is 30.1 Å². The van der Waals surface area contributed by atoms with Crippen molar-refractivity contribution in [3.05, 3.63) is 89.5 Å². The molecule has 2 N–H and O–H groups in total. The lowest BCUT2D eigenvalue weighted by Crippen LogP contribution is -2.47. The number of carbonyl (C=O) groups is 2. The van der Waals surface area contributed by atoms with E-state index in [9.17, 15) is 14.7 Å². The van der Waals surface area contributed by atoms with E-state index < -0.39 is 6.04 Å². The third-order valence-electron chi connectivity index (χ3n) is 7.06. The van der Waals surface area contributed by atoms with Crippen molar-refractivity contribution < 1.29 is 19.4 Å². The van der Waals surface area contributed by atoms with Crippen LogP contribution in [0.4, 0.5) is 5.69 Å². The second kappa shape index (κ2) is 12.0. The highest BCUT2D eigenvalue weighted by Crippen LogP contribution is 2.35. The third-order valence-corrected chi connectivity index (χ3v) is 7.06. The molecule has 37 heavy (non-hydrogen) atoms. The average molecular weight is 501 g/mol. The van der Waals surface area contributed by atoms with E-state index in [0.717, 1.165) is 31.2 Å². The summed E-state index contributed by atoms with van der Waals surface area (Å²) >= 11 is 0. The van der Waals surface area contributed by atoms with Gasteiger partial charge in [-0.15, -0.1) is 0 Å². The number of rotatable bonds is 8. The summed E-state index contributed by atoms with van der Waals surface area (Å²) < 4.78 is 5.35. The molecule has 0 spiro atoms. The first-order chi connectivity index (χ1) is 17.9. The quantitative estimate of drug-likeness (QED) is 0.377. The Morgan fingerprint density at radius 2 is 1.57 bits per heavy atom. The Kier molecular flexibility index (Phi) is 8.49. The van der Waals surface area contributed by atoms with Gasteiger partial charge in [-0.1, -0.05) is 69.5 Å². The van der Waals surface area contributed by atoms with Crippen LogP contribution in [0, 0.1) is 0 Å². The zero-order valence-electron chi connectivity index (χ0n) is 21.8. The molecule has 1 aliphatic carbocycles. The van der Waals surface area contributed by atoms with E-state index in [4.69, 9.17) is 4.74 Å². The number of nitrogens with zero attached hydrogens (tertiary/aromatic N) is 1. The van der Waals surface area contributed by atoms with Gasteiger partial charge in [0, 0.05) is 17.3 Å². The molecule has 0 heterocycles. The minimum Gasteiger partial charge on any atom is -0.504 e. The minimum absolute atomic E-state index is 0.0279. The topological polar surface area (TPSA) is 78.9 Å². The van der Waals surface area contributed by atoms with E-state index in [-0.39, 0.29) is 29.4 Å². The van der Waals surface area contributed by atoms with E-state index in [2.05, 4.69) is 19.2 Å². The van der Waals surface area contributed by atoms with E-state index >= 15 is 0 Å². The zero-order chi connectivity index (χ0) is 26.4. The van der Waals surface area contributed by atoms with Gasteiger partial charge in [0.15, 0.2) is 11.5 Å². The molecule has 3 aromatic carbocycles. The molecule has 2 amide bonds. The average Bonchev–Trinajstić information content (AvgIpc) is 2.93. The summed E-state index contributed by atoms with van der Waals surface area (Å²) in [6, 6.07) is 20.7. The SMILES string of the molecule is COc1cc(C(C(=O)NC2CCCCC2)N(C(=O)c2ccccc2)c2ccc(C(C)C)cc2)ccc1O. The Bertz CT molecular complexity index is 1200. The Hall–Kier alpha value is -3.80. The molecule has 0 radical (unpaired) electrons. The fraction of sp³-hybridized carbons (Fsp3) is 0.355. The van der Waals surface area contributed by atoms with Crippen molar-refractivity contribution in [3.63, 3.8) is 0 Å². The van der Waals surface area contributed by atoms with Crippen LogP contribution in [0.15, 0.2) is 72.8 Å². The van der Waals surface area contributed by atoms with Crippen molar-refractivity contribution in [3.8, 4) is 11.5 Å². The van der Waals surface area contributed by atoms with Gasteiger partial charge in [-0.05, 0) is 66.3 Å². The zero-order valence-corrected chi connectivity index (χ0v) is 21.8. The number of nitrogens with one attached hydrogen (secondary N) is 1. The maximum atomic E-state index is 14.1. The number of carbonyl (C=O) groups excluding carboxylic acids is 2. The molecule has 0 saturated heterocycles. The molecular weight excluding hydrogens is 464 g/mol. The molecular formula is C31H36N2O4. The molecule has 1 aliphatic rings. The van der Waals surface area contributed by atoms with E-state index in [1.807, 2.05) is 42.5 Å². The summed E-state index contributed by atoms with van der Waals surface area (Å²) in [6.45, 7) is 4.23. The van der Waals surface area contributed by atoms with Crippen LogP contribution in [-0.2, 0) is 4.79 Å². The number of phenolic OH excluding ortho intramolecular Hbond substituents is 1. The molecule has 1 saturated carbocycles. The Balaban J connectivity index is 1.84. The van der Waals surface area contributed by atoms with Gasteiger partial charge >= 0.3 is 0 Å². The molecule has 0 aliphatic heterocycles. The number of aromatic hydroxyl groups is 1. The van der Waals surface area contributed by atoms with Gasteiger partial charge in [-0.25, -0.2) is 0 Å². The second-order valence-corrected chi connectivity index (χ2v) is 9.96. The molecule has 194 valence electrons. The number of hydrogen-bond donors (Lipinski definition) is 2. The van der Waals surface area contributed by atoms with Crippen LogP contribution in [0.2, 0.25) is 0 Å². The molecule has 0 bridgehead atoms. The summed E-state index contributed by atoms with van der Waals surface area (Å²) in [6.07, 6.45) is 5.17. The maximum absolute atomic E-state index is 14.1. The number of ether oxygens (including phenoxy) is 1. The predicted octanol–water partition coefficient (Wildman–Crippen LogP) is 6.36. The number of amides is 2. The van der Waals surface area contributed by atoms with Crippen molar-refractivity contribution in [2.75, 3.05) is 12.0 Å². The van der Waals surface area contributed by atoms with Crippen LogP contribution in [0.3, 0.4) is 0 Å². The highest BCUT2D eigenvalue weighted by Gasteiger charge is 2.35. The van der Waals surface area contributed by atoms with Crippen LogP contribution in [0.5, 0.6) is 11.5 Å². The first kappa shape index (κ1) is 26.3.